The molecule has 1 aliphatic heterocycles. The highest BCUT2D eigenvalue weighted by molar-refractivity contribution is 8.16. The van der Waals surface area contributed by atoms with Crippen molar-refractivity contribution >= 4 is 15.8 Å². The van der Waals surface area contributed by atoms with E-state index < -0.39 is 0 Å². The minimum Gasteiger partial charge on any atom is -0.270 e. The Morgan fingerprint density at radius 1 is 1.12 bits per heavy atom. The van der Waals surface area contributed by atoms with Crippen molar-refractivity contribution in [2.45, 2.75) is 19.3 Å². The van der Waals surface area contributed by atoms with Gasteiger partial charge in [0.2, 0.25) is 0 Å². The van der Waals surface area contributed by atoms with Crippen molar-refractivity contribution in [3.8, 4) is 0 Å². The molecule has 1 nitrogen and oxygen atoms in total. The Bertz CT molecular complexity index is 78.5. The summed E-state index contributed by atoms with van der Waals surface area (Å²) in [6, 6.07) is 0. The Morgan fingerprint density at radius 3 is 2.12 bits per heavy atom. The second kappa shape index (κ2) is 3.54. The summed E-state index contributed by atoms with van der Waals surface area (Å²) >= 11 is 0. The molecule has 0 saturated carbocycles. The van der Waals surface area contributed by atoms with Crippen LogP contribution in [-0.4, -0.2) is 12.3 Å². The van der Waals surface area contributed by atoms with Gasteiger partial charge in [0.1, 0.15) is 0 Å². The summed E-state index contributed by atoms with van der Waals surface area (Å²) in [6.45, 7) is 0. The van der Waals surface area contributed by atoms with Crippen molar-refractivity contribution in [1.29, 1.82) is 0 Å². The van der Waals surface area contributed by atoms with Crippen molar-refractivity contribution in [1.82, 2.24) is 0 Å². The van der Waals surface area contributed by atoms with E-state index in [1.807, 2.05) is 0 Å². The van der Waals surface area contributed by atoms with Gasteiger partial charge in [-0.25, -0.2) is 0 Å². The highest BCUT2D eigenvalue weighted by Crippen LogP contribution is 2.52. The summed E-state index contributed by atoms with van der Waals surface area (Å²) in [4.78, 5) is 0. The summed E-state index contributed by atoms with van der Waals surface area (Å²) in [7, 11) is 0.388. The molecule has 0 aromatic heterocycles. The second-order valence-electron chi connectivity index (χ2n) is 2.10. The van der Waals surface area contributed by atoms with Crippen molar-refractivity contribution < 1.29 is 4.57 Å². The molecular formula is C5H10OP2. The fourth-order valence-corrected chi connectivity index (χ4v) is 3.86. The van der Waals surface area contributed by atoms with Gasteiger partial charge in [-0.3, -0.25) is 4.57 Å². The fraction of sp³-hybridized carbons (Fsp3) is 1.00. The summed E-state index contributed by atoms with van der Waals surface area (Å²) in [5.41, 5.74) is 0. The molecule has 1 saturated heterocycles. The molecule has 0 aliphatic carbocycles. The monoisotopic (exact) mass is 148 g/mol. The molecule has 0 N–H and O–H groups in total. The maximum Gasteiger partial charge on any atom is 0.181 e. The first-order chi connectivity index (χ1) is 3.93. The lowest BCUT2D eigenvalue weighted by Crippen LogP contribution is -1.93. The fourth-order valence-electron chi connectivity index (χ4n) is 0.959. The average molecular weight is 148 g/mol. The molecule has 1 rings (SSSR count). The zero-order valence-corrected chi connectivity index (χ0v) is 6.63. The first kappa shape index (κ1) is 6.65. The van der Waals surface area contributed by atoms with Crippen LogP contribution in [0.25, 0.3) is 0 Å². The minimum absolute atomic E-state index is 0.0529. The van der Waals surface area contributed by atoms with Gasteiger partial charge in [-0.15, -0.1) is 0 Å². The van der Waals surface area contributed by atoms with Crippen LogP contribution in [0.1, 0.15) is 19.3 Å². The molecule has 8 heavy (non-hydrogen) atoms. The first-order valence-electron chi connectivity index (χ1n) is 3.02. The first-order valence-corrected chi connectivity index (χ1v) is 6.25. The van der Waals surface area contributed by atoms with Crippen molar-refractivity contribution in [3.05, 3.63) is 0 Å². The SMILES string of the molecule is O=PP1CCCCC1. The molecule has 0 aromatic carbocycles. The second-order valence-corrected chi connectivity index (χ2v) is 6.35. The number of rotatable bonds is 1. The van der Waals surface area contributed by atoms with Gasteiger partial charge in [0, 0.05) is 0 Å². The van der Waals surface area contributed by atoms with Gasteiger partial charge in [-0.1, -0.05) is 6.42 Å². The van der Waals surface area contributed by atoms with E-state index in [2.05, 4.69) is 0 Å². The third-order valence-corrected chi connectivity index (χ3v) is 5.24. The van der Waals surface area contributed by atoms with Crippen LogP contribution in [-0.2, 0) is 4.57 Å². The normalized spacial score (nSPS) is 24.0. The van der Waals surface area contributed by atoms with Gasteiger partial charge >= 0.3 is 0 Å². The van der Waals surface area contributed by atoms with E-state index in [1.165, 1.54) is 31.6 Å². The van der Waals surface area contributed by atoms with Crippen LogP contribution in [0.15, 0.2) is 0 Å². The van der Waals surface area contributed by atoms with E-state index in [0.29, 0.717) is 8.15 Å². The van der Waals surface area contributed by atoms with Crippen molar-refractivity contribution in [2.24, 2.45) is 0 Å². The van der Waals surface area contributed by atoms with Crippen LogP contribution in [0.4, 0.5) is 0 Å². The van der Waals surface area contributed by atoms with Gasteiger partial charge in [0.05, 0.1) is 0 Å². The van der Waals surface area contributed by atoms with Gasteiger partial charge in [-0.05, 0) is 32.8 Å². The summed E-state index contributed by atoms with van der Waals surface area (Å²) in [6.07, 6.45) is 6.51. The van der Waals surface area contributed by atoms with Gasteiger partial charge in [0.15, 0.2) is 8.15 Å². The Kier molecular flexibility index (Phi) is 2.94. The zero-order chi connectivity index (χ0) is 5.82. The predicted molar refractivity (Wildman–Crippen MR) is 38.1 cm³/mol. The van der Waals surface area contributed by atoms with E-state index in [-0.39, 0.29) is 7.61 Å². The van der Waals surface area contributed by atoms with Crippen LogP contribution in [0.3, 0.4) is 0 Å². The number of hydrogen-bond acceptors (Lipinski definition) is 1. The minimum atomic E-state index is -0.0529. The topological polar surface area (TPSA) is 17.1 Å². The highest BCUT2D eigenvalue weighted by atomic mass is 32.0. The molecule has 0 unspecified atom stereocenters. The van der Waals surface area contributed by atoms with Crippen molar-refractivity contribution in [3.63, 3.8) is 0 Å². The van der Waals surface area contributed by atoms with Crippen molar-refractivity contribution in [2.75, 3.05) is 12.3 Å². The highest BCUT2D eigenvalue weighted by Gasteiger charge is 2.11. The Morgan fingerprint density at radius 2 is 1.75 bits per heavy atom. The van der Waals surface area contributed by atoms with Crippen LogP contribution in [0.5, 0.6) is 0 Å². The molecular weight excluding hydrogens is 138 g/mol. The lowest BCUT2D eigenvalue weighted by atomic mass is 10.3. The van der Waals surface area contributed by atoms with E-state index in [1.54, 1.807) is 0 Å². The summed E-state index contributed by atoms with van der Waals surface area (Å²) < 4.78 is 10.3. The molecule has 0 spiro atoms. The smallest absolute Gasteiger partial charge is 0.181 e. The number of hydrogen-bond donors (Lipinski definition) is 0. The Labute approximate surface area is 52.7 Å². The lowest BCUT2D eigenvalue weighted by Gasteiger charge is -2.13. The molecule has 0 amide bonds. The van der Waals surface area contributed by atoms with Crippen LogP contribution in [0, 0.1) is 0 Å². The third-order valence-electron chi connectivity index (χ3n) is 1.45. The molecule has 1 heterocycles. The average Bonchev–Trinajstić information content (AvgIpc) is 1.90. The molecule has 0 aromatic rings. The largest absolute Gasteiger partial charge is 0.270 e. The Hall–Kier alpha value is 0.530. The standard InChI is InChI=1S/C5H10OP2/c6-7-8-4-2-1-3-5-8/h1-5H2. The Balaban J connectivity index is 2.22. The predicted octanol–water partition coefficient (Wildman–Crippen LogP) is 2.86. The maximum absolute atomic E-state index is 10.3. The van der Waals surface area contributed by atoms with E-state index in [9.17, 15) is 4.57 Å². The molecule has 1 fully saturated rings. The van der Waals surface area contributed by atoms with Gasteiger partial charge < -0.3 is 0 Å². The maximum atomic E-state index is 10.3. The molecule has 0 radical (unpaired) electrons. The third kappa shape index (κ3) is 1.80. The molecule has 46 valence electrons. The van der Waals surface area contributed by atoms with Crippen LogP contribution >= 0.6 is 15.8 Å². The van der Waals surface area contributed by atoms with Gasteiger partial charge in [0.25, 0.3) is 0 Å². The lowest BCUT2D eigenvalue weighted by molar-refractivity contribution is 0.604. The van der Waals surface area contributed by atoms with E-state index in [0.717, 1.165) is 0 Å². The molecule has 3 heteroatoms. The van der Waals surface area contributed by atoms with E-state index >= 15 is 0 Å². The molecule has 0 atom stereocenters. The van der Waals surface area contributed by atoms with Crippen LogP contribution in [0.2, 0.25) is 0 Å². The van der Waals surface area contributed by atoms with Gasteiger partial charge in [-0.2, -0.15) is 0 Å². The summed E-state index contributed by atoms with van der Waals surface area (Å²) in [5.74, 6) is 0. The van der Waals surface area contributed by atoms with E-state index in [4.69, 9.17) is 0 Å². The molecule has 1 aliphatic rings. The quantitative estimate of drug-likeness (QED) is 0.522. The molecule has 0 bridgehead atoms. The van der Waals surface area contributed by atoms with Crippen LogP contribution < -0.4 is 0 Å². The summed E-state index contributed by atoms with van der Waals surface area (Å²) in [5, 5.41) is 0. The zero-order valence-electron chi connectivity index (χ0n) is 4.84.